The Bertz CT molecular complexity index is 631. The number of ether oxygens (including phenoxy) is 1. The van der Waals surface area contributed by atoms with Gasteiger partial charge in [-0.1, -0.05) is 0 Å². The van der Waals surface area contributed by atoms with Gasteiger partial charge >= 0.3 is 0 Å². The molecule has 0 amide bonds. The Morgan fingerprint density at radius 3 is 3.00 bits per heavy atom. The minimum absolute atomic E-state index is 0.247. The van der Waals surface area contributed by atoms with Crippen LogP contribution in [0.15, 0.2) is 30.7 Å². The van der Waals surface area contributed by atoms with E-state index in [1.165, 1.54) is 5.56 Å². The van der Waals surface area contributed by atoms with Crippen LogP contribution in [0.4, 0.5) is 5.82 Å². The summed E-state index contributed by atoms with van der Waals surface area (Å²) in [7, 11) is 0. The van der Waals surface area contributed by atoms with Gasteiger partial charge < -0.3 is 10.5 Å². The molecule has 2 aromatic rings. The Hall–Kier alpha value is -2.05. The zero-order chi connectivity index (χ0) is 16.1. The number of nitrogens with zero attached hydrogens (tertiary/aromatic N) is 4. The molecule has 122 valence electrons. The molecule has 23 heavy (non-hydrogen) atoms. The lowest BCUT2D eigenvalue weighted by Gasteiger charge is -2.32. The molecular formula is C17H23N5O. The topological polar surface area (TPSA) is 77.2 Å². The minimum atomic E-state index is 0.247. The fourth-order valence-corrected chi connectivity index (χ4v) is 2.81. The predicted octanol–water partition coefficient (Wildman–Crippen LogP) is 1.60. The molecule has 3 rings (SSSR count). The molecule has 0 spiro atoms. The minimum Gasteiger partial charge on any atom is -0.384 e. The summed E-state index contributed by atoms with van der Waals surface area (Å²) >= 11 is 0. The Balaban J connectivity index is 1.50. The average Bonchev–Trinajstić information content (AvgIpc) is 2.56. The van der Waals surface area contributed by atoms with E-state index in [1.54, 1.807) is 6.20 Å². The first-order valence-corrected chi connectivity index (χ1v) is 8.01. The highest BCUT2D eigenvalue weighted by Crippen LogP contribution is 2.15. The van der Waals surface area contributed by atoms with Crippen LogP contribution in [0.3, 0.4) is 0 Å². The van der Waals surface area contributed by atoms with Crippen LogP contribution in [0.1, 0.15) is 23.4 Å². The van der Waals surface area contributed by atoms with Crippen LogP contribution < -0.4 is 5.73 Å². The van der Waals surface area contributed by atoms with Crippen LogP contribution in [-0.4, -0.2) is 45.7 Å². The third kappa shape index (κ3) is 4.71. The average molecular weight is 313 g/mol. The third-order valence-electron chi connectivity index (χ3n) is 4.04. The number of nitrogens with two attached hydrogens (primary N) is 1. The first-order valence-electron chi connectivity index (χ1n) is 8.01. The van der Waals surface area contributed by atoms with E-state index >= 15 is 0 Å². The Kier molecular flexibility index (Phi) is 5.15. The van der Waals surface area contributed by atoms with Gasteiger partial charge in [0.25, 0.3) is 0 Å². The summed E-state index contributed by atoms with van der Waals surface area (Å²) in [6.45, 7) is 5.41. The fourth-order valence-electron chi connectivity index (χ4n) is 2.81. The van der Waals surface area contributed by atoms with Crippen molar-refractivity contribution in [2.24, 2.45) is 0 Å². The highest BCUT2D eigenvalue weighted by atomic mass is 16.5. The molecule has 0 aromatic carbocycles. The van der Waals surface area contributed by atoms with Crippen molar-refractivity contribution in [3.63, 3.8) is 0 Å². The van der Waals surface area contributed by atoms with Crippen molar-refractivity contribution in [2.75, 3.05) is 25.4 Å². The number of anilines is 1. The van der Waals surface area contributed by atoms with E-state index in [1.807, 2.05) is 31.5 Å². The second-order valence-electron chi connectivity index (χ2n) is 6.00. The standard InChI is InChI=1S/C17H23N5O/c1-13-9-21-15(10-20-13)11-22-6-7-23-16(12-22)3-2-14-4-5-19-17(18)8-14/h4-5,8-10,16H,2-3,6-7,11-12H2,1H3,(H2,18,19)/t16-/m1/s1. The zero-order valence-electron chi connectivity index (χ0n) is 13.5. The van der Waals surface area contributed by atoms with Gasteiger partial charge in [-0.2, -0.15) is 0 Å². The molecule has 6 nitrogen and oxygen atoms in total. The molecule has 3 heterocycles. The lowest BCUT2D eigenvalue weighted by Crippen LogP contribution is -2.42. The van der Waals surface area contributed by atoms with Crippen LogP contribution in [0.5, 0.6) is 0 Å². The van der Waals surface area contributed by atoms with E-state index in [4.69, 9.17) is 10.5 Å². The number of hydrogen-bond acceptors (Lipinski definition) is 6. The van der Waals surface area contributed by atoms with E-state index in [0.29, 0.717) is 5.82 Å². The van der Waals surface area contributed by atoms with Gasteiger partial charge in [-0.05, 0) is 37.5 Å². The van der Waals surface area contributed by atoms with Crippen LogP contribution in [0, 0.1) is 6.92 Å². The Labute approximate surface area is 136 Å². The van der Waals surface area contributed by atoms with Crippen molar-refractivity contribution in [1.29, 1.82) is 0 Å². The first kappa shape index (κ1) is 15.8. The molecule has 1 atom stereocenters. The maximum atomic E-state index is 5.89. The van der Waals surface area contributed by atoms with Crippen LogP contribution in [0.2, 0.25) is 0 Å². The highest BCUT2D eigenvalue weighted by Gasteiger charge is 2.20. The summed E-state index contributed by atoms with van der Waals surface area (Å²) in [5.41, 5.74) is 8.89. The second-order valence-corrected chi connectivity index (χ2v) is 6.00. The maximum absolute atomic E-state index is 5.89. The van der Waals surface area contributed by atoms with Crippen molar-refractivity contribution in [3.05, 3.63) is 47.7 Å². The molecule has 6 heteroatoms. The molecule has 2 N–H and O–H groups in total. The molecule has 1 saturated heterocycles. The smallest absolute Gasteiger partial charge is 0.123 e. The van der Waals surface area contributed by atoms with Crippen molar-refractivity contribution in [2.45, 2.75) is 32.4 Å². The number of aromatic nitrogens is 3. The molecule has 0 aliphatic carbocycles. The molecule has 0 radical (unpaired) electrons. The van der Waals surface area contributed by atoms with Crippen LogP contribution in [0.25, 0.3) is 0 Å². The predicted molar refractivity (Wildman–Crippen MR) is 88.8 cm³/mol. The van der Waals surface area contributed by atoms with E-state index < -0.39 is 0 Å². The molecule has 1 aliphatic heterocycles. The molecule has 0 bridgehead atoms. The number of pyridine rings is 1. The largest absolute Gasteiger partial charge is 0.384 e. The molecule has 1 aliphatic rings. The number of hydrogen-bond donors (Lipinski definition) is 1. The van der Waals surface area contributed by atoms with Crippen molar-refractivity contribution >= 4 is 5.82 Å². The SMILES string of the molecule is Cc1cnc(CN2CCO[C@H](CCc3ccnc(N)c3)C2)cn1. The number of aryl methyl sites for hydroxylation is 2. The zero-order valence-corrected chi connectivity index (χ0v) is 13.5. The summed E-state index contributed by atoms with van der Waals surface area (Å²) in [6, 6.07) is 3.95. The normalized spacial score (nSPS) is 18.9. The van der Waals surface area contributed by atoms with Crippen LogP contribution in [-0.2, 0) is 17.7 Å². The highest BCUT2D eigenvalue weighted by molar-refractivity contribution is 5.31. The molecule has 0 unspecified atom stereocenters. The van der Waals surface area contributed by atoms with Gasteiger partial charge in [-0.3, -0.25) is 14.9 Å². The van der Waals surface area contributed by atoms with Gasteiger partial charge in [0, 0.05) is 38.2 Å². The van der Waals surface area contributed by atoms with E-state index in [-0.39, 0.29) is 6.10 Å². The van der Waals surface area contributed by atoms with Gasteiger partial charge in [0.1, 0.15) is 5.82 Å². The monoisotopic (exact) mass is 313 g/mol. The lowest BCUT2D eigenvalue weighted by molar-refractivity contribution is -0.0349. The van der Waals surface area contributed by atoms with E-state index in [2.05, 4.69) is 19.9 Å². The second kappa shape index (κ2) is 7.48. The van der Waals surface area contributed by atoms with Gasteiger partial charge in [0.2, 0.25) is 0 Å². The van der Waals surface area contributed by atoms with Crippen LogP contribution >= 0.6 is 0 Å². The van der Waals surface area contributed by atoms with Crippen molar-refractivity contribution in [1.82, 2.24) is 19.9 Å². The molecular weight excluding hydrogens is 290 g/mol. The summed E-state index contributed by atoms with van der Waals surface area (Å²) in [5, 5.41) is 0. The number of rotatable bonds is 5. The number of morpholine rings is 1. The molecule has 0 saturated carbocycles. The fraction of sp³-hybridized carbons (Fsp3) is 0.471. The summed E-state index contributed by atoms with van der Waals surface area (Å²) in [4.78, 5) is 15.2. The first-order chi connectivity index (χ1) is 11.2. The summed E-state index contributed by atoms with van der Waals surface area (Å²) < 4.78 is 5.89. The Morgan fingerprint density at radius 2 is 2.22 bits per heavy atom. The molecule has 1 fully saturated rings. The lowest BCUT2D eigenvalue weighted by atomic mass is 10.1. The maximum Gasteiger partial charge on any atom is 0.123 e. The van der Waals surface area contributed by atoms with Gasteiger partial charge in [-0.25, -0.2) is 4.98 Å². The van der Waals surface area contributed by atoms with E-state index in [9.17, 15) is 0 Å². The van der Waals surface area contributed by atoms with Gasteiger partial charge in [-0.15, -0.1) is 0 Å². The molecule has 2 aromatic heterocycles. The van der Waals surface area contributed by atoms with Gasteiger partial charge in [0.05, 0.1) is 24.1 Å². The quantitative estimate of drug-likeness (QED) is 0.903. The van der Waals surface area contributed by atoms with Crippen molar-refractivity contribution < 1.29 is 4.74 Å². The number of nitrogen functional groups attached to an aromatic ring is 1. The van der Waals surface area contributed by atoms with E-state index in [0.717, 1.165) is 50.5 Å². The third-order valence-corrected chi connectivity index (χ3v) is 4.04. The summed E-state index contributed by atoms with van der Waals surface area (Å²) in [5.74, 6) is 0.576. The summed E-state index contributed by atoms with van der Waals surface area (Å²) in [6.07, 6.45) is 7.63. The van der Waals surface area contributed by atoms with Gasteiger partial charge in [0.15, 0.2) is 0 Å². The Morgan fingerprint density at radius 1 is 1.30 bits per heavy atom. The van der Waals surface area contributed by atoms with Crippen molar-refractivity contribution in [3.8, 4) is 0 Å².